The van der Waals surface area contributed by atoms with Gasteiger partial charge in [0, 0.05) is 0 Å². The molecule has 190 valence electrons. The molecule has 0 spiro atoms. The summed E-state index contributed by atoms with van der Waals surface area (Å²) in [6.07, 6.45) is 11.1. The number of aliphatic hydroxyl groups is 5. The highest BCUT2D eigenvalue weighted by molar-refractivity contribution is 4.94. The molecule has 8 nitrogen and oxygen atoms in total. The van der Waals surface area contributed by atoms with Crippen LogP contribution in [0.15, 0.2) is 12.2 Å². The van der Waals surface area contributed by atoms with E-state index in [1.165, 1.54) is 64.2 Å². The van der Waals surface area contributed by atoms with Gasteiger partial charge < -0.3 is 40.7 Å². The van der Waals surface area contributed by atoms with Gasteiger partial charge in [0.25, 0.3) is 0 Å². The molecule has 1 saturated heterocycles. The molecule has 1 heterocycles. The Morgan fingerprint density at radius 1 is 0.875 bits per heavy atom. The summed E-state index contributed by atoms with van der Waals surface area (Å²) in [6, 6.07) is -0.740. The number of aliphatic hydroxyl groups excluding tert-OH is 5. The lowest BCUT2D eigenvalue weighted by molar-refractivity contribution is -0.302. The highest BCUT2D eigenvalue weighted by Crippen LogP contribution is 2.22. The van der Waals surface area contributed by atoms with E-state index in [0.29, 0.717) is 0 Å². The predicted molar refractivity (Wildman–Crippen MR) is 124 cm³/mol. The molecule has 8 heteroatoms. The molecule has 1 aliphatic heterocycles. The average molecular weight is 462 g/mol. The fraction of sp³-hybridized carbons (Fsp3) is 0.917. The number of rotatable bonds is 18. The Morgan fingerprint density at radius 2 is 1.44 bits per heavy atom. The molecule has 0 bridgehead atoms. The molecule has 0 aromatic heterocycles. The highest BCUT2D eigenvalue weighted by Gasteiger charge is 2.44. The molecule has 0 aromatic rings. The van der Waals surface area contributed by atoms with E-state index in [2.05, 4.69) is 6.92 Å². The topological polar surface area (TPSA) is 146 Å². The summed E-state index contributed by atoms with van der Waals surface area (Å²) >= 11 is 0. The minimum absolute atomic E-state index is 0.118. The lowest BCUT2D eigenvalue weighted by atomic mass is 9.99. The van der Waals surface area contributed by atoms with Crippen molar-refractivity contribution in [3.8, 4) is 0 Å². The van der Waals surface area contributed by atoms with Crippen LogP contribution in [0.25, 0.3) is 0 Å². The van der Waals surface area contributed by atoms with E-state index >= 15 is 0 Å². The van der Waals surface area contributed by atoms with Gasteiger partial charge in [-0.1, -0.05) is 83.3 Å². The van der Waals surface area contributed by atoms with Crippen LogP contribution in [0, 0.1) is 0 Å². The molecule has 7 N–H and O–H groups in total. The van der Waals surface area contributed by atoms with Crippen LogP contribution in [-0.4, -0.2) is 81.6 Å². The first-order chi connectivity index (χ1) is 15.4. The van der Waals surface area contributed by atoms with Gasteiger partial charge in [0.05, 0.1) is 25.4 Å². The summed E-state index contributed by atoms with van der Waals surface area (Å²) in [5, 5.41) is 48.8. The molecule has 1 rings (SSSR count). The predicted octanol–water partition coefficient (Wildman–Crippen LogP) is 1.75. The first-order valence-electron chi connectivity index (χ1n) is 12.4. The number of ether oxygens (including phenoxy) is 2. The minimum atomic E-state index is -1.50. The number of allylic oxidation sites excluding steroid dienone is 1. The Labute approximate surface area is 193 Å². The smallest absolute Gasteiger partial charge is 0.186 e. The largest absolute Gasteiger partial charge is 0.394 e. The molecule has 0 aromatic carbocycles. The summed E-state index contributed by atoms with van der Waals surface area (Å²) in [5.74, 6) is 0. The Bertz CT molecular complexity index is 477. The molecule has 7 atom stereocenters. The highest BCUT2D eigenvalue weighted by atomic mass is 16.7. The molecule has 0 saturated carbocycles. The third kappa shape index (κ3) is 11.5. The second kappa shape index (κ2) is 17.8. The van der Waals surface area contributed by atoms with E-state index < -0.39 is 49.5 Å². The van der Waals surface area contributed by atoms with Crippen LogP contribution >= 0.6 is 0 Å². The third-order valence-electron chi connectivity index (χ3n) is 6.05. The molecule has 1 aliphatic rings. The van der Waals surface area contributed by atoms with E-state index in [0.717, 1.165) is 12.8 Å². The van der Waals surface area contributed by atoms with E-state index in [4.69, 9.17) is 15.2 Å². The SMILES string of the molecule is CCCCCCCCCCCCC/C=C/C(O)C(N)CO[C@@H]1O[C@H](CO)[C@@H](O)[C@H](O)[C@H]1O. The van der Waals surface area contributed by atoms with Crippen LogP contribution in [0.3, 0.4) is 0 Å². The van der Waals surface area contributed by atoms with Crippen molar-refractivity contribution in [3.63, 3.8) is 0 Å². The molecule has 2 unspecified atom stereocenters. The van der Waals surface area contributed by atoms with Crippen LogP contribution in [0.1, 0.15) is 84.0 Å². The van der Waals surface area contributed by atoms with Crippen LogP contribution in [0.4, 0.5) is 0 Å². The van der Waals surface area contributed by atoms with Crippen LogP contribution in [-0.2, 0) is 9.47 Å². The Hall–Kier alpha value is -0.580. The second-order valence-corrected chi connectivity index (χ2v) is 8.94. The molecule has 32 heavy (non-hydrogen) atoms. The van der Waals surface area contributed by atoms with E-state index in [9.17, 15) is 25.5 Å². The first kappa shape index (κ1) is 29.5. The minimum Gasteiger partial charge on any atom is -0.394 e. The zero-order valence-electron chi connectivity index (χ0n) is 19.7. The van der Waals surface area contributed by atoms with Gasteiger partial charge in [0.15, 0.2) is 6.29 Å². The Kier molecular flexibility index (Phi) is 16.4. The zero-order chi connectivity index (χ0) is 23.8. The van der Waals surface area contributed by atoms with Gasteiger partial charge in [-0.15, -0.1) is 0 Å². The van der Waals surface area contributed by atoms with Gasteiger partial charge in [0.2, 0.25) is 0 Å². The van der Waals surface area contributed by atoms with Gasteiger partial charge >= 0.3 is 0 Å². The molecule has 0 aliphatic carbocycles. The maximum absolute atomic E-state index is 10.2. The average Bonchev–Trinajstić information content (AvgIpc) is 2.79. The Morgan fingerprint density at radius 3 is 2.00 bits per heavy atom. The summed E-state index contributed by atoms with van der Waals surface area (Å²) in [5.41, 5.74) is 5.93. The van der Waals surface area contributed by atoms with E-state index in [1.54, 1.807) is 6.08 Å². The van der Waals surface area contributed by atoms with Gasteiger partial charge in [-0.2, -0.15) is 0 Å². The normalized spacial score (nSPS) is 28.3. The van der Waals surface area contributed by atoms with Crippen LogP contribution < -0.4 is 5.73 Å². The van der Waals surface area contributed by atoms with Gasteiger partial charge in [-0.05, 0) is 12.8 Å². The number of hydrogen-bond acceptors (Lipinski definition) is 8. The fourth-order valence-corrected chi connectivity index (χ4v) is 3.81. The number of unbranched alkanes of at least 4 members (excludes halogenated alkanes) is 11. The molecule has 0 radical (unpaired) electrons. The van der Waals surface area contributed by atoms with Crippen LogP contribution in [0.2, 0.25) is 0 Å². The summed E-state index contributed by atoms with van der Waals surface area (Å²) in [4.78, 5) is 0. The van der Waals surface area contributed by atoms with Crippen molar-refractivity contribution in [1.29, 1.82) is 0 Å². The van der Waals surface area contributed by atoms with Gasteiger partial charge in [-0.3, -0.25) is 0 Å². The van der Waals surface area contributed by atoms with Gasteiger partial charge in [-0.25, -0.2) is 0 Å². The molecule has 0 amide bonds. The summed E-state index contributed by atoms with van der Waals surface area (Å²) in [6.45, 7) is 1.60. The Balaban J connectivity index is 2.10. The van der Waals surface area contributed by atoms with E-state index in [-0.39, 0.29) is 6.61 Å². The molecule has 1 fully saturated rings. The number of hydrogen-bond donors (Lipinski definition) is 6. The fourth-order valence-electron chi connectivity index (χ4n) is 3.81. The van der Waals surface area contributed by atoms with Crippen molar-refractivity contribution in [3.05, 3.63) is 12.2 Å². The van der Waals surface area contributed by atoms with Crippen molar-refractivity contribution in [2.24, 2.45) is 5.73 Å². The summed E-state index contributed by atoms with van der Waals surface area (Å²) in [7, 11) is 0. The molecular weight excluding hydrogens is 414 g/mol. The monoisotopic (exact) mass is 461 g/mol. The van der Waals surface area contributed by atoms with Crippen molar-refractivity contribution >= 4 is 0 Å². The quantitative estimate of drug-likeness (QED) is 0.134. The van der Waals surface area contributed by atoms with Crippen LogP contribution in [0.5, 0.6) is 0 Å². The maximum Gasteiger partial charge on any atom is 0.186 e. The first-order valence-corrected chi connectivity index (χ1v) is 12.4. The van der Waals surface area contributed by atoms with Crippen molar-refractivity contribution in [2.45, 2.75) is 127 Å². The van der Waals surface area contributed by atoms with Crippen molar-refractivity contribution in [1.82, 2.24) is 0 Å². The standard InChI is InChI=1S/C24H47NO7/c1-2-3-4-5-6-7-8-9-10-11-12-13-14-15-19(27)18(25)17-31-24-23(30)22(29)21(28)20(16-26)32-24/h14-15,18-24,26-30H,2-13,16-17,25H2,1H3/b15-14+/t18?,19?,20-,21-,22+,23-,24-/m1/s1. The second-order valence-electron chi connectivity index (χ2n) is 8.94. The van der Waals surface area contributed by atoms with E-state index in [1.807, 2.05) is 6.08 Å². The van der Waals surface area contributed by atoms with Crippen molar-refractivity contribution < 1.29 is 35.0 Å². The van der Waals surface area contributed by atoms with Gasteiger partial charge in [0.1, 0.15) is 24.4 Å². The lowest BCUT2D eigenvalue weighted by Crippen LogP contribution is -2.59. The lowest BCUT2D eigenvalue weighted by Gasteiger charge is -2.39. The maximum atomic E-state index is 10.2. The number of nitrogens with two attached hydrogens (primary N) is 1. The zero-order valence-corrected chi connectivity index (χ0v) is 19.7. The third-order valence-corrected chi connectivity index (χ3v) is 6.05. The van der Waals surface area contributed by atoms with Crippen molar-refractivity contribution in [2.75, 3.05) is 13.2 Å². The molecular formula is C24H47NO7. The summed E-state index contributed by atoms with van der Waals surface area (Å²) < 4.78 is 10.6.